The number of imide groups is 1. The van der Waals surface area contributed by atoms with E-state index in [4.69, 9.17) is 11.6 Å². The van der Waals surface area contributed by atoms with E-state index in [0.29, 0.717) is 29.2 Å². The molecule has 2 aliphatic heterocycles. The molecule has 5 rings (SSSR count). The summed E-state index contributed by atoms with van der Waals surface area (Å²) in [6.07, 6.45) is 1.60. The number of thioether (sulfide) groups is 1. The van der Waals surface area contributed by atoms with Gasteiger partial charge in [-0.1, -0.05) is 54.1 Å². The van der Waals surface area contributed by atoms with Gasteiger partial charge < -0.3 is 4.90 Å². The average Bonchev–Trinajstić information content (AvgIpc) is 3.18. The van der Waals surface area contributed by atoms with Crippen LogP contribution in [0.5, 0.6) is 0 Å². The lowest BCUT2D eigenvalue weighted by atomic mass is 10.1. The van der Waals surface area contributed by atoms with Gasteiger partial charge in [-0.05, 0) is 59.3 Å². The molecule has 0 unspecified atom stereocenters. The van der Waals surface area contributed by atoms with Gasteiger partial charge in [-0.15, -0.1) is 0 Å². The molecule has 2 heterocycles. The van der Waals surface area contributed by atoms with Crippen LogP contribution >= 0.6 is 23.4 Å². The highest BCUT2D eigenvalue weighted by atomic mass is 35.5. The Morgan fingerprint density at radius 2 is 1.66 bits per heavy atom. The summed E-state index contributed by atoms with van der Waals surface area (Å²) >= 11 is 6.78. The van der Waals surface area contributed by atoms with Gasteiger partial charge in [0.2, 0.25) is 0 Å². The number of amides is 3. The van der Waals surface area contributed by atoms with E-state index < -0.39 is 17.0 Å². The molecule has 0 N–H and O–H groups in total. The molecule has 0 atom stereocenters. The third-order valence-electron chi connectivity index (χ3n) is 6.57. The summed E-state index contributed by atoms with van der Waals surface area (Å²) < 4.78 is 14.0. The van der Waals surface area contributed by atoms with E-state index in [2.05, 4.69) is 4.90 Å². The molecule has 3 aromatic carbocycles. The van der Waals surface area contributed by atoms with Crippen molar-refractivity contribution in [3.8, 4) is 0 Å². The van der Waals surface area contributed by atoms with Gasteiger partial charge in [0.25, 0.3) is 17.1 Å². The van der Waals surface area contributed by atoms with E-state index in [9.17, 15) is 18.8 Å². The predicted octanol–water partition coefficient (Wildman–Crippen LogP) is 5.67. The Kier molecular flexibility index (Phi) is 7.93. The summed E-state index contributed by atoms with van der Waals surface area (Å²) in [5.41, 5.74) is 2.63. The Balaban J connectivity index is 1.22. The molecule has 38 heavy (non-hydrogen) atoms. The molecule has 2 aliphatic rings. The van der Waals surface area contributed by atoms with E-state index in [-0.39, 0.29) is 22.9 Å². The second-order valence-corrected chi connectivity index (χ2v) is 10.6. The van der Waals surface area contributed by atoms with Crippen LogP contribution in [0.25, 0.3) is 6.08 Å². The summed E-state index contributed by atoms with van der Waals surface area (Å²) in [7, 11) is 0. The summed E-state index contributed by atoms with van der Waals surface area (Å²) in [5, 5.41) is 0.262. The number of hydrogen-bond acceptors (Lipinski definition) is 5. The van der Waals surface area contributed by atoms with Crippen LogP contribution in [-0.2, 0) is 17.9 Å². The maximum Gasteiger partial charge on any atom is 0.293 e. The Labute approximate surface area is 229 Å². The maximum atomic E-state index is 14.0. The molecule has 0 aromatic heterocycles. The minimum atomic E-state index is -0.475. The first-order valence-corrected chi connectivity index (χ1v) is 13.4. The summed E-state index contributed by atoms with van der Waals surface area (Å²) in [6.45, 7) is 3.45. The molecule has 9 heteroatoms. The van der Waals surface area contributed by atoms with Gasteiger partial charge in [-0.3, -0.25) is 24.2 Å². The van der Waals surface area contributed by atoms with Crippen molar-refractivity contribution in [2.75, 3.05) is 26.2 Å². The zero-order chi connectivity index (χ0) is 26.6. The number of piperazine rings is 1. The first kappa shape index (κ1) is 26.2. The summed E-state index contributed by atoms with van der Waals surface area (Å²) in [6, 6.07) is 20.9. The number of hydrogen-bond donors (Lipinski definition) is 0. The standard InChI is InChI=1S/C29H25ClFN3O3S/c30-24-10-8-20(9-11-24)18-32-12-14-33(15-13-32)27(35)22-6-3-4-21(16-22)17-26-28(36)34(29(37)38-26)19-23-5-1-2-7-25(23)31/h1-11,16-17H,12-15,18-19H2/b26-17-. The monoisotopic (exact) mass is 549 g/mol. The fourth-order valence-corrected chi connectivity index (χ4v) is 5.45. The van der Waals surface area contributed by atoms with E-state index in [1.807, 2.05) is 29.2 Å². The zero-order valence-electron chi connectivity index (χ0n) is 20.5. The van der Waals surface area contributed by atoms with Crippen molar-refractivity contribution in [3.05, 3.63) is 111 Å². The largest absolute Gasteiger partial charge is 0.336 e. The Hall–Kier alpha value is -3.46. The summed E-state index contributed by atoms with van der Waals surface area (Å²) in [4.78, 5) is 44.0. The fourth-order valence-electron chi connectivity index (χ4n) is 4.49. The average molecular weight is 550 g/mol. The SMILES string of the molecule is O=C(c1cccc(/C=C2\SC(=O)N(Cc3ccccc3F)C2=O)c1)N1CCN(Cc2ccc(Cl)cc2)CC1. The van der Waals surface area contributed by atoms with E-state index in [1.54, 1.807) is 48.5 Å². The fraction of sp³-hybridized carbons (Fsp3) is 0.207. The van der Waals surface area contributed by atoms with Crippen LogP contribution in [0.3, 0.4) is 0 Å². The molecule has 0 bridgehead atoms. The Morgan fingerprint density at radius 1 is 0.921 bits per heavy atom. The quantitative estimate of drug-likeness (QED) is 0.371. The van der Waals surface area contributed by atoms with Gasteiger partial charge in [0.1, 0.15) is 5.82 Å². The smallest absolute Gasteiger partial charge is 0.293 e. The molecule has 3 amide bonds. The predicted molar refractivity (Wildman–Crippen MR) is 147 cm³/mol. The number of halogens is 2. The van der Waals surface area contributed by atoms with Crippen molar-refractivity contribution >= 4 is 46.5 Å². The minimum absolute atomic E-state index is 0.0703. The van der Waals surface area contributed by atoms with Crippen LogP contribution < -0.4 is 0 Å². The molecule has 194 valence electrons. The zero-order valence-corrected chi connectivity index (χ0v) is 22.1. The molecule has 0 aliphatic carbocycles. The van der Waals surface area contributed by atoms with Crippen LogP contribution in [0, 0.1) is 5.82 Å². The van der Waals surface area contributed by atoms with Crippen LogP contribution in [0.2, 0.25) is 5.02 Å². The molecule has 0 radical (unpaired) electrons. The third kappa shape index (κ3) is 5.99. The molecule has 2 saturated heterocycles. The van der Waals surface area contributed by atoms with Gasteiger partial charge in [-0.2, -0.15) is 0 Å². The lowest BCUT2D eigenvalue weighted by Gasteiger charge is -2.34. The molecule has 0 spiro atoms. The van der Waals surface area contributed by atoms with Gasteiger partial charge >= 0.3 is 0 Å². The highest BCUT2D eigenvalue weighted by Crippen LogP contribution is 2.33. The Bertz CT molecular complexity index is 1400. The highest BCUT2D eigenvalue weighted by Gasteiger charge is 2.35. The van der Waals surface area contributed by atoms with E-state index >= 15 is 0 Å². The number of benzene rings is 3. The van der Waals surface area contributed by atoms with Crippen molar-refractivity contribution in [2.45, 2.75) is 13.1 Å². The molecule has 3 aromatic rings. The second kappa shape index (κ2) is 11.5. The third-order valence-corrected chi connectivity index (χ3v) is 7.73. The van der Waals surface area contributed by atoms with E-state index in [1.165, 1.54) is 11.6 Å². The van der Waals surface area contributed by atoms with Gasteiger partial charge in [0, 0.05) is 48.9 Å². The molecular weight excluding hydrogens is 525 g/mol. The topological polar surface area (TPSA) is 60.9 Å². The molecule has 0 saturated carbocycles. The van der Waals surface area contributed by atoms with Crippen molar-refractivity contribution in [3.63, 3.8) is 0 Å². The molecular formula is C29H25ClFN3O3S. The summed E-state index contributed by atoms with van der Waals surface area (Å²) in [5.74, 6) is -1.01. The molecule has 2 fully saturated rings. The van der Waals surface area contributed by atoms with Crippen molar-refractivity contribution in [1.82, 2.24) is 14.7 Å². The first-order chi connectivity index (χ1) is 18.4. The minimum Gasteiger partial charge on any atom is -0.336 e. The van der Waals surface area contributed by atoms with Crippen LogP contribution in [0.15, 0.2) is 77.7 Å². The lowest BCUT2D eigenvalue weighted by molar-refractivity contribution is -0.123. The van der Waals surface area contributed by atoms with Crippen LogP contribution in [0.1, 0.15) is 27.0 Å². The van der Waals surface area contributed by atoms with Gasteiger partial charge in [0.15, 0.2) is 0 Å². The first-order valence-electron chi connectivity index (χ1n) is 12.2. The van der Waals surface area contributed by atoms with Crippen molar-refractivity contribution in [1.29, 1.82) is 0 Å². The number of nitrogens with zero attached hydrogens (tertiary/aromatic N) is 3. The second-order valence-electron chi connectivity index (χ2n) is 9.18. The normalized spacial score (nSPS) is 17.5. The number of rotatable bonds is 6. The highest BCUT2D eigenvalue weighted by molar-refractivity contribution is 8.18. The van der Waals surface area contributed by atoms with Gasteiger partial charge in [-0.25, -0.2) is 4.39 Å². The van der Waals surface area contributed by atoms with Crippen molar-refractivity contribution < 1.29 is 18.8 Å². The molecule has 6 nitrogen and oxygen atoms in total. The van der Waals surface area contributed by atoms with Crippen molar-refractivity contribution in [2.24, 2.45) is 0 Å². The number of carbonyl (C=O) groups is 3. The van der Waals surface area contributed by atoms with E-state index in [0.717, 1.165) is 36.3 Å². The van der Waals surface area contributed by atoms with Crippen LogP contribution in [0.4, 0.5) is 9.18 Å². The lowest BCUT2D eigenvalue weighted by Crippen LogP contribution is -2.48. The van der Waals surface area contributed by atoms with Crippen LogP contribution in [-0.4, -0.2) is 57.9 Å². The Morgan fingerprint density at radius 3 is 2.39 bits per heavy atom. The number of carbonyl (C=O) groups excluding carboxylic acids is 3. The maximum absolute atomic E-state index is 14.0. The van der Waals surface area contributed by atoms with Gasteiger partial charge in [0.05, 0.1) is 11.4 Å².